The number of likely N-dealkylation sites (N-methyl/N-ethyl adjacent to an activating group) is 1. The van der Waals surface area contributed by atoms with E-state index in [1.54, 1.807) is 6.07 Å². The third-order valence-corrected chi connectivity index (χ3v) is 4.99. The van der Waals surface area contributed by atoms with Gasteiger partial charge in [0.15, 0.2) is 0 Å². The van der Waals surface area contributed by atoms with Gasteiger partial charge in [0.05, 0.1) is 12.7 Å². The number of hydrogen-bond donors (Lipinski definition) is 0. The van der Waals surface area contributed by atoms with E-state index in [2.05, 4.69) is 11.9 Å². The normalized spacial score (nSPS) is 25.7. The van der Waals surface area contributed by atoms with E-state index in [1.165, 1.54) is 25.7 Å². The molecule has 5 heteroatoms. The molecule has 2 fully saturated rings. The molecular formula is C17H23FN2O2. The van der Waals surface area contributed by atoms with E-state index in [9.17, 15) is 9.18 Å². The molecule has 120 valence electrons. The van der Waals surface area contributed by atoms with Crippen LogP contribution in [0.15, 0.2) is 18.2 Å². The second kappa shape index (κ2) is 6.24. The summed E-state index contributed by atoms with van der Waals surface area (Å²) < 4.78 is 19.2. The van der Waals surface area contributed by atoms with E-state index in [-0.39, 0.29) is 17.5 Å². The molecule has 4 nitrogen and oxygen atoms in total. The molecule has 2 aliphatic heterocycles. The predicted molar refractivity (Wildman–Crippen MR) is 82.7 cm³/mol. The number of amides is 1. The van der Waals surface area contributed by atoms with Crippen LogP contribution >= 0.6 is 0 Å². The predicted octanol–water partition coefficient (Wildman–Crippen LogP) is 2.53. The van der Waals surface area contributed by atoms with Crippen LogP contribution in [0.1, 0.15) is 36.0 Å². The van der Waals surface area contributed by atoms with Gasteiger partial charge in [-0.05, 0) is 51.4 Å². The summed E-state index contributed by atoms with van der Waals surface area (Å²) in [6.07, 6.45) is 4.31. The van der Waals surface area contributed by atoms with Gasteiger partial charge < -0.3 is 14.5 Å². The molecule has 0 aromatic heterocycles. The fourth-order valence-electron chi connectivity index (χ4n) is 3.82. The van der Waals surface area contributed by atoms with Gasteiger partial charge in [0.2, 0.25) is 0 Å². The number of benzene rings is 1. The van der Waals surface area contributed by atoms with Gasteiger partial charge >= 0.3 is 0 Å². The van der Waals surface area contributed by atoms with Crippen LogP contribution in [0.5, 0.6) is 5.75 Å². The van der Waals surface area contributed by atoms with Gasteiger partial charge in [-0.1, -0.05) is 0 Å². The summed E-state index contributed by atoms with van der Waals surface area (Å²) in [7, 11) is 3.61. The Morgan fingerprint density at radius 1 is 1.23 bits per heavy atom. The fraction of sp³-hybridized carbons (Fsp3) is 0.588. The first kappa shape index (κ1) is 15.3. The molecule has 22 heavy (non-hydrogen) atoms. The number of nitrogens with zero attached hydrogens (tertiary/aromatic N) is 2. The van der Waals surface area contributed by atoms with E-state index < -0.39 is 5.82 Å². The minimum absolute atomic E-state index is 0.147. The summed E-state index contributed by atoms with van der Waals surface area (Å²) in [5.74, 6) is -0.264. The summed E-state index contributed by atoms with van der Waals surface area (Å²) in [6.45, 7) is 1.80. The van der Waals surface area contributed by atoms with Crippen LogP contribution in [0, 0.1) is 5.82 Å². The number of hydrogen-bond acceptors (Lipinski definition) is 3. The Hall–Kier alpha value is -1.62. The average molecular weight is 306 g/mol. The van der Waals surface area contributed by atoms with Crippen molar-refractivity contribution in [1.29, 1.82) is 0 Å². The lowest BCUT2D eigenvalue weighted by Crippen LogP contribution is -2.47. The summed E-state index contributed by atoms with van der Waals surface area (Å²) >= 11 is 0. The van der Waals surface area contributed by atoms with Crippen molar-refractivity contribution in [3.05, 3.63) is 29.6 Å². The van der Waals surface area contributed by atoms with Crippen LogP contribution < -0.4 is 4.74 Å². The Morgan fingerprint density at radius 2 is 1.95 bits per heavy atom. The summed E-state index contributed by atoms with van der Waals surface area (Å²) in [5, 5.41) is 0. The number of rotatable bonds is 3. The largest absolute Gasteiger partial charge is 0.497 e. The van der Waals surface area contributed by atoms with E-state index in [4.69, 9.17) is 4.74 Å². The Balaban J connectivity index is 1.81. The molecule has 0 N–H and O–H groups in total. The highest BCUT2D eigenvalue weighted by Gasteiger charge is 2.39. The SMILES string of the molecule is COc1ccc(C(=O)N2CCCC2C2CCCN2C)c(F)c1. The standard InChI is InChI=1S/C17H23FN2O2/c1-19-9-3-5-15(19)16-6-4-10-20(16)17(21)13-8-7-12(22-2)11-14(13)18/h7-8,11,15-16H,3-6,9-10H2,1-2H3. The Morgan fingerprint density at radius 3 is 2.59 bits per heavy atom. The molecule has 1 aromatic rings. The van der Waals surface area contributed by atoms with Gasteiger partial charge in [-0.15, -0.1) is 0 Å². The van der Waals surface area contributed by atoms with Crippen LogP contribution in [0.3, 0.4) is 0 Å². The zero-order valence-electron chi connectivity index (χ0n) is 13.2. The topological polar surface area (TPSA) is 32.8 Å². The monoisotopic (exact) mass is 306 g/mol. The first-order valence-electron chi connectivity index (χ1n) is 7.96. The van der Waals surface area contributed by atoms with Crippen molar-refractivity contribution < 1.29 is 13.9 Å². The van der Waals surface area contributed by atoms with Crippen molar-refractivity contribution in [3.63, 3.8) is 0 Å². The van der Waals surface area contributed by atoms with E-state index in [0.29, 0.717) is 11.8 Å². The number of methoxy groups -OCH3 is 1. The smallest absolute Gasteiger partial charge is 0.257 e. The van der Waals surface area contributed by atoms with Gasteiger partial charge in [0.1, 0.15) is 11.6 Å². The molecule has 2 atom stereocenters. The molecule has 2 unspecified atom stereocenters. The molecule has 2 heterocycles. The van der Waals surface area contributed by atoms with E-state index in [0.717, 1.165) is 32.4 Å². The van der Waals surface area contributed by atoms with Crippen LogP contribution in [-0.4, -0.2) is 55.0 Å². The van der Waals surface area contributed by atoms with Crippen LogP contribution in [0.4, 0.5) is 4.39 Å². The highest BCUT2D eigenvalue weighted by atomic mass is 19.1. The Bertz CT molecular complexity index is 564. The van der Waals surface area contributed by atoms with Crippen LogP contribution in [0.2, 0.25) is 0 Å². The van der Waals surface area contributed by atoms with Crippen molar-refractivity contribution in [2.75, 3.05) is 27.2 Å². The van der Waals surface area contributed by atoms with Gasteiger partial charge in [-0.3, -0.25) is 4.79 Å². The highest BCUT2D eigenvalue weighted by Crippen LogP contribution is 2.30. The summed E-state index contributed by atoms with van der Waals surface area (Å²) in [6, 6.07) is 5.07. The highest BCUT2D eigenvalue weighted by molar-refractivity contribution is 5.95. The molecule has 1 aromatic carbocycles. The van der Waals surface area contributed by atoms with Crippen molar-refractivity contribution in [1.82, 2.24) is 9.80 Å². The second-order valence-corrected chi connectivity index (χ2v) is 6.24. The van der Waals surface area contributed by atoms with Crippen LogP contribution in [-0.2, 0) is 0 Å². The summed E-state index contributed by atoms with van der Waals surface area (Å²) in [5.41, 5.74) is 0.147. The molecule has 0 aliphatic carbocycles. The molecule has 1 amide bonds. The lowest BCUT2D eigenvalue weighted by atomic mass is 10.0. The quantitative estimate of drug-likeness (QED) is 0.860. The lowest BCUT2D eigenvalue weighted by molar-refractivity contribution is 0.0659. The zero-order valence-corrected chi connectivity index (χ0v) is 13.2. The zero-order chi connectivity index (χ0) is 15.7. The maximum absolute atomic E-state index is 14.2. The number of carbonyl (C=O) groups is 1. The number of halogens is 1. The van der Waals surface area contributed by atoms with Gasteiger partial charge in [-0.25, -0.2) is 4.39 Å². The Kier molecular flexibility index (Phi) is 4.34. The molecule has 3 rings (SSSR count). The molecule has 0 saturated carbocycles. The molecule has 0 radical (unpaired) electrons. The fourth-order valence-corrected chi connectivity index (χ4v) is 3.82. The summed E-state index contributed by atoms with van der Waals surface area (Å²) in [4.78, 5) is 17.0. The minimum atomic E-state index is -0.505. The second-order valence-electron chi connectivity index (χ2n) is 6.24. The van der Waals surface area contributed by atoms with Crippen molar-refractivity contribution in [2.24, 2.45) is 0 Å². The molecular weight excluding hydrogens is 283 g/mol. The molecule has 2 saturated heterocycles. The first-order chi connectivity index (χ1) is 10.6. The molecule has 2 aliphatic rings. The van der Waals surface area contributed by atoms with Gasteiger partial charge in [0.25, 0.3) is 5.91 Å². The third kappa shape index (κ3) is 2.70. The number of carbonyl (C=O) groups excluding carboxylic acids is 1. The molecule has 0 spiro atoms. The number of ether oxygens (including phenoxy) is 1. The Labute approximate surface area is 130 Å². The van der Waals surface area contributed by atoms with Crippen LogP contribution in [0.25, 0.3) is 0 Å². The maximum atomic E-state index is 14.2. The number of likely N-dealkylation sites (tertiary alicyclic amines) is 2. The van der Waals surface area contributed by atoms with E-state index >= 15 is 0 Å². The van der Waals surface area contributed by atoms with Crippen molar-refractivity contribution >= 4 is 5.91 Å². The van der Waals surface area contributed by atoms with E-state index in [1.807, 2.05) is 4.90 Å². The average Bonchev–Trinajstić information content (AvgIpc) is 3.14. The van der Waals surface area contributed by atoms with Gasteiger partial charge in [0, 0.05) is 24.7 Å². The molecule has 0 bridgehead atoms. The van der Waals surface area contributed by atoms with Crippen molar-refractivity contribution in [3.8, 4) is 5.75 Å². The maximum Gasteiger partial charge on any atom is 0.257 e. The van der Waals surface area contributed by atoms with Crippen molar-refractivity contribution in [2.45, 2.75) is 37.8 Å². The minimum Gasteiger partial charge on any atom is -0.497 e. The first-order valence-corrected chi connectivity index (χ1v) is 7.96. The third-order valence-electron chi connectivity index (χ3n) is 4.99. The lowest BCUT2D eigenvalue weighted by Gasteiger charge is -2.33. The van der Waals surface area contributed by atoms with Gasteiger partial charge in [-0.2, -0.15) is 0 Å².